The molecule has 1 saturated heterocycles. The van der Waals surface area contributed by atoms with Crippen LogP contribution >= 0.6 is 0 Å². The zero-order chi connectivity index (χ0) is 24.0. The number of methoxy groups -OCH3 is 1. The van der Waals surface area contributed by atoms with Gasteiger partial charge < -0.3 is 20.1 Å². The maximum Gasteiger partial charge on any atom is 0.309 e. The molecule has 9 nitrogen and oxygen atoms in total. The van der Waals surface area contributed by atoms with Crippen LogP contribution in [0.2, 0.25) is 0 Å². The molecule has 1 atom stereocenters. The molecule has 0 bridgehead atoms. The van der Waals surface area contributed by atoms with Gasteiger partial charge in [0.25, 0.3) is 0 Å². The molecule has 2 aromatic carbocycles. The van der Waals surface area contributed by atoms with Gasteiger partial charge in [-0.1, -0.05) is 24.3 Å². The number of amides is 2. The summed E-state index contributed by atoms with van der Waals surface area (Å²) in [6, 6.07) is 12.2. The molecule has 0 unspecified atom stereocenters. The first-order chi connectivity index (χ1) is 15.7. The largest absolute Gasteiger partial charge is 0.496 e. The lowest BCUT2D eigenvalue weighted by Gasteiger charge is -2.34. The minimum absolute atomic E-state index is 0.110. The van der Waals surface area contributed by atoms with Gasteiger partial charge in [0.1, 0.15) is 12.0 Å². The zero-order valence-electron chi connectivity index (χ0n) is 19.0. The standard InChI is InChI=1S/C23H29N3O6S/c1-16-7-4-5-8-18(16)14-24-22(27)23(28)25-15-21-26(11-6-12-32-21)33(29,30)19-9-10-20(31-3)17(2)13-19/h4-5,7-10,13,21H,6,11-12,14-15H2,1-3H3,(H,24,27)(H,25,28)/t21-/m0/s1. The van der Waals surface area contributed by atoms with Crippen LogP contribution in [0.25, 0.3) is 0 Å². The third-order valence-electron chi connectivity index (χ3n) is 5.47. The fraction of sp³-hybridized carbons (Fsp3) is 0.391. The number of ether oxygens (including phenoxy) is 2. The maximum absolute atomic E-state index is 13.2. The molecule has 0 aromatic heterocycles. The average Bonchev–Trinajstić information content (AvgIpc) is 2.81. The van der Waals surface area contributed by atoms with Crippen LogP contribution in [-0.2, 0) is 30.9 Å². The van der Waals surface area contributed by atoms with E-state index >= 15 is 0 Å². The topological polar surface area (TPSA) is 114 Å². The third-order valence-corrected chi connectivity index (χ3v) is 7.36. The number of aryl methyl sites for hydroxylation is 2. The number of hydrogen-bond acceptors (Lipinski definition) is 6. The van der Waals surface area contributed by atoms with E-state index in [0.717, 1.165) is 11.1 Å². The van der Waals surface area contributed by atoms with Gasteiger partial charge >= 0.3 is 11.8 Å². The minimum atomic E-state index is -3.88. The van der Waals surface area contributed by atoms with Crippen molar-refractivity contribution < 1.29 is 27.5 Å². The van der Waals surface area contributed by atoms with Gasteiger partial charge in [0.15, 0.2) is 0 Å². The van der Waals surface area contributed by atoms with Gasteiger partial charge in [0, 0.05) is 13.1 Å². The molecule has 1 fully saturated rings. The molecule has 2 aromatic rings. The number of rotatable bonds is 7. The van der Waals surface area contributed by atoms with E-state index in [4.69, 9.17) is 9.47 Å². The zero-order valence-corrected chi connectivity index (χ0v) is 19.8. The van der Waals surface area contributed by atoms with Gasteiger partial charge in [-0.2, -0.15) is 4.31 Å². The Labute approximate surface area is 194 Å². The molecule has 1 aliphatic rings. The van der Waals surface area contributed by atoms with E-state index in [0.29, 0.717) is 24.3 Å². The van der Waals surface area contributed by atoms with Crippen molar-refractivity contribution in [3.63, 3.8) is 0 Å². The SMILES string of the molecule is COc1ccc(S(=O)(=O)N2CCCO[C@H]2CNC(=O)C(=O)NCc2ccccc2C)cc1C. The summed E-state index contributed by atoms with van der Waals surface area (Å²) >= 11 is 0. The van der Waals surface area contributed by atoms with Gasteiger partial charge in [0.05, 0.1) is 25.2 Å². The quantitative estimate of drug-likeness (QED) is 0.587. The Morgan fingerprint density at radius 2 is 1.82 bits per heavy atom. The second-order valence-corrected chi connectivity index (χ2v) is 9.64. The van der Waals surface area contributed by atoms with Crippen LogP contribution in [0.4, 0.5) is 0 Å². The fourth-order valence-corrected chi connectivity index (χ4v) is 5.22. The predicted octanol–water partition coefficient (Wildman–Crippen LogP) is 1.48. The summed E-state index contributed by atoms with van der Waals surface area (Å²) in [6.45, 7) is 4.35. The van der Waals surface area contributed by atoms with Gasteiger partial charge in [0.2, 0.25) is 10.0 Å². The molecule has 0 saturated carbocycles. The third kappa shape index (κ3) is 5.89. The summed E-state index contributed by atoms with van der Waals surface area (Å²) in [5.41, 5.74) is 2.59. The lowest BCUT2D eigenvalue weighted by atomic mass is 10.1. The van der Waals surface area contributed by atoms with Crippen molar-refractivity contribution in [1.29, 1.82) is 0 Å². The first-order valence-corrected chi connectivity index (χ1v) is 12.1. The molecule has 2 N–H and O–H groups in total. The van der Waals surface area contributed by atoms with Crippen molar-refractivity contribution in [2.45, 2.75) is 37.9 Å². The molecule has 178 valence electrons. The van der Waals surface area contributed by atoms with E-state index in [9.17, 15) is 18.0 Å². The predicted molar refractivity (Wildman–Crippen MR) is 122 cm³/mol. The molecule has 3 rings (SSSR count). The minimum Gasteiger partial charge on any atom is -0.496 e. The first-order valence-electron chi connectivity index (χ1n) is 10.6. The summed E-state index contributed by atoms with van der Waals surface area (Å²) < 4.78 is 38.5. The Morgan fingerprint density at radius 3 is 2.52 bits per heavy atom. The van der Waals surface area contributed by atoms with Gasteiger partial charge in [-0.05, 0) is 55.2 Å². The van der Waals surface area contributed by atoms with Gasteiger partial charge in [-0.15, -0.1) is 0 Å². The molecule has 10 heteroatoms. The maximum atomic E-state index is 13.2. The second kappa shape index (κ2) is 10.8. The van der Waals surface area contributed by atoms with E-state index in [1.165, 1.54) is 23.5 Å². The highest BCUT2D eigenvalue weighted by molar-refractivity contribution is 7.89. The Morgan fingerprint density at radius 1 is 1.09 bits per heavy atom. The van der Waals surface area contributed by atoms with Crippen LogP contribution in [0.1, 0.15) is 23.1 Å². The lowest BCUT2D eigenvalue weighted by molar-refractivity contribution is -0.140. The van der Waals surface area contributed by atoms with E-state index in [1.54, 1.807) is 13.0 Å². The van der Waals surface area contributed by atoms with Gasteiger partial charge in [-0.3, -0.25) is 9.59 Å². The van der Waals surface area contributed by atoms with Gasteiger partial charge in [-0.25, -0.2) is 8.42 Å². The molecule has 2 amide bonds. The van der Waals surface area contributed by atoms with Crippen LogP contribution in [0.15, 0.2) is 47.4 Å². The van der Waals surface area contributed by atoms with Crippen molar-refractivity contribution in [3.8, 4) is 5.75 Å². The summed E-state index contributed by atoms with van der Waals surface area (Å²) in [5, 5.41) is 5.06. The lowest BCUT2D eigenvalue weighted by Crippen LogP contribution is -2.53. The molecule has 1 aliphatic heterocycles. The molecular formula is C23H29N3O6S. The highest BCUT2D eigenvalue weighted by Gasteiger charge is 2.35. The van der Waals surface area contributed by atoms with Crippen LogP contribution in [0.3, 0.4) is 0 Å². The number of carbonyl (C=O) groups is 2. The highest BCUT2D eigenvalue weighted by Crippen LogP contribution is 2.26. The smallest absolute Gasteiger partial charge is 0.309 e. The average molecular weight is 476 g/mol. The monoisotopic (exact) mass is 475 g/mol. The Hall–Kier alpha value is -2.95. The molecule has 0 spiro atoms. The molecular weight excluding hydrogens is 446 g/mol. The molecule has 0 aliphatic carbocycles. The Kier molecular flexibility index (Phi) is 8.06. The van der Waals surface area contributed by atoms with Crippen LogP contribution in [-0.4, -0.2) is 57.6 Å². The first kappa shape index (κ1) is 24.7. The number of nitrogens with one attached hydrogen (secondary N) is 2. The number of sulfonamides is 1. The van der Waals surface area contributed by atoms with E-state index in [-0.39, 0.29) is 24.5 Å². The van der Waals surface area contributed by atoms with Crippen LogP contribution < -0.4 is 15.4 Å². The molecule has 1 heterocycles. The summed E-state index contributed by atoms with van der Waals surface area (Å²) in [4.78, 5) is 24.6. The number of benzene rings is 2. The second-order valence-electron chi connectivity index (χ2n) is 7.75. The van der Waals surface area contributed by atoms with Crippen molar-refractivity contribution in [2.24, 2.45) is 0 Å². The van der Waals surface area contributed by atoms with Crippen molar-refractivity contribution in [3.05, 3.63) is 59.2 Å². The van der Waals surface area contributed by atoms with E-state index < -0.39 is 28.1 Å². The summed E-state index contributed by atoms with van der Waals surface area (Å²) in [5.74, 6) is -1.06. The molecule has 33 heavy (non-hydrogen) atoms. The Balaban J connectivity index is 1.63. The number of nitrogens with zero attached hydrogens (tertiary/aromatic N) is 1. The van der Waals surface area contributed by atoms with Crippen LogP contribution in [0.5, 0.6) is 5.75 Å². The van der Waals surface area contributed by atoms with Crippen molar-refractivity contribution >= 4 is 21.8 Å². The number of carbonyl (C=O) groups excluding carboxylic acids is 2. The highest BCUT2D eigenvalue weighted by atomic mass is 32.2. The fourth-order valence-electron chi connectivity index (χ4n) is 3.57. The van der Waals surface area contributed by atoms with Crippen LogP contribution in [0, 0.1) is 13.8 Å². The summed E-state index contributed by atoms with van der Waals surface area (Å²) in [6.07, 6.45) is -0.394. The van der Waals surface area contributed by atoms with E-state index in [2.05, 4.69) is 10.6 Å². The Bertz CT molecular complexity index is 1120. The van der Waals surface area contributed by atoms with Crippen molar-refractivity contribution in [1.82, 2.24) is 14.9 Å². The normalized spacial score (nSPS) is 16.8. The van der Waals surface area contributed by atoms with Crippen molar-refractivity contribution in [2.75, 3.05) is 26.8 Å². The summed E-state index contributed by atoms with van der Waals surface area (Å²) in [7, 11) is -2.36. The number of hydrogen-bond donors (Lipinski definition) is 2. The van der Waals surface area contributed by atoms with E-state index in [1.807, 2.05) is 31.2 Å². The molecule has 0 radical (unpaired) electrons.